The lowest BCUT2D eigenvalue weighted by atomic mass is 9.76. The highest BCUT2D eigenvalue weighted by Crippen LogP contribution is 2.39. The Bertz CT molecular complexity index is 581. The fraction of sp³-hybridized carbons (Fsp3) is 0.545. The molecule has 0 N–H and O–H groups in total. The van der Waals surface area contributed by atoms with Gasteiger partial charge in [-0.25, -0.2) is 8.78 Å². The van der Waals surface area contributed by atoms with Gasteiger partial charge in [0.15, 0.2) is 11.8 Å². The number of allylic oxidation sites excluding steroid dienone is 4. The summed E-state index contributed by atoms with van der Waals surface area (Å²) >= 11 is 0. The molecule has 0 nitrogen and oxygen atoms in total. The first-order valence-corrected chi connectivity index (χ1v) is 9.40. The van der Waals surface area contributed by atoms with Crippen molar-refractivity contribution in [2.45, 2.75) is 63.7 Å². The summed E-state index contributed by atoms with van der Waals surface area (Å²) < 4.78 is 29.6. The largest absolute Gasteiger partial charge is 0.239 e. The van der Waals surface area contributed by atoms with Crippen LogP contribution in [0.4, 0.5) is 8.78 Å². The van der Waals surface area contributed by atoms with E-state index in [2.05, 4.69) is 6.92 Å². The zero-order chi connectivity index (χ0) is 17.0. The minimum atomic E-state index is -1.83. The van der Waals surface area contributed by atoms with Crippen molar-refractivity contribution in [1.29, 1.82) is 0 Å². The van der Waals surface area contributed by atoms with E-state index in [1.807, 2.05) is 30.3 Å². The monoisotopic (exact) mass is 330 g/mol. The summed E-state index contributed by atoms with van der Waals surface area (Å²) in [5.41, 5.74) is -0.115. The second-order valence-electron chi connectivity index (χ2n) is 7.48. The molecule has 0 bridgehead atoms. The smallest absolute Gasteiger partial charge is 0.164 e. The highest BCUT2D eigenvalue weighted by Gasteiger charge is 2.38. The molecule has 1 aromatic carbocycles. The average molecular weight is 330 g/mol. The maximum absolute atomic E-state index is 15.0. The van der Waals surface area contributed by atoms with Crippen LogP contribution in [0.2, 0.25) is 0 Å². The van der Waals surface area contributed by atoms with Gasteiger partial charge in [0.1, 0.15) is 0 Å². The fourth-order valence-electron chi connectivity index (χ4n) is 4.07. The van der Waals surface area contributed by atoms with E-state index in [-0.39, 0.29) is 0 Å². The van der Waals surface area contributed by atoms with Gasteiger partial charge in [-0.05, 0) is 48.0 Å². The zero-order valence-corrected chi connectivity index (χ0v) is 14.6. The minimum absolute atomic E-state index is 0.296. The van der Waals surface area contributed by atoms with Crippen LogP contribution in [-0.2, 0) is 0 Å². The van der Waals surface area contributed by atoms with Gasteiger partial charge in [-0.2, -0.15) is 0 Å². The van der Waals surface area contributed by atoms with Crippen molar-refractivity contribution in [3.8, 4) is 0 Å². The molecule has 130 valence electrons. The SMILES string of the molecule is CC[C@H]1CC[C@H](CCC2(F)C=CC(c3ccccc3)=CC2F)CC1. The van der Waals surface area contributed by atoms with Crippen molar-refractivity contribution in [2.75, 3.05) is 0 Å². The van der Waals surface area contributed by atoms with Crippen LogP contribution in [0.25, 0.3) is 5.57 Å². The second-order valence-corrected chi connectivity index (χ2v) is 7.48. The van der Waals surface area contributed by atoms with Gasteiger partial charge in [-0.3, -0.25) is 0 Å². The van der Waals surface area contributed by atoms with Gasteiger partial charge in [0.05, 0.1) is 0 Å². The Morgan fingerprint density at radius 3 is 2.33 bits per heavy atom. The van der Waals surface area contributed by atoms with Gasteiger partial charge < -0.3 is 0 Å². The molecule has 1 aromatic rings. The van der Waals surface area contributed by atoms with Gasteiger partial charge in [0.25, 0.3) is 0 Å². The Morgan fingerprint density at radius 1 is 1.04 bits per heavy atom. The maximum atomic E-state index is 15.0. The van der Waals surface area contributed by atoms with Crippen molar-refractivity contribution in [3.63, 3.8) is 0 Å². The number of benzene rings is 1. The van der Waals surface area contributed by atoms with Crippen LogP contribution < -0.4 is 0 Å². The molecule has 0 amide bonds. The van der Waals surface area contributed by atoms with Gasteiger partial charge in [0, 0.05) is 0 Å². The zero-order valence-electron chi connectivity index (χ0n) is 14.6. The molecule has 2 atom stereocenters. The van der Waals surface area contributed by atoms with E-state index < -0.39 is 11.8 Å². The van der Waals surface area contributed by atoms with E-state index in [1.165, 1.54) is 44.3 Å². The number of hydrogen-bond donors (Lipinski definition) is 0. The molecule has 2 heteroatoms. The molecule has 24 heavy (non-hydrogen) atoms. The van der Waals surface area contributed by atoms with Crippen LogP contribution in [0.5, 0.6) is 0 Å². The molecule has 2 unspecified atom stereocenters. The van der Waals surface area contributed by atoms with Crippen molar-refractivity contribution < 1.29 is 8.78 Å². The predicted molar refractivity (Wildman–Crippen MR) is 97.3 cm³/mol. The summed E-state index contributed by atoms with van der Waals surface area (Å²) in [4.78, 5) is 0. The lowest BCUT2D eigenvalue weighted by Gasteiger charge is -2.32. The molecule has 0 saturated heterocycles. The summed E-state index contributed by atoms with van der Waals surface area (Å²) in [7, 11) is 0. The lowest BCUT2D eigenvalue weighted by molar-refractivity contribution is 0.101. The van der Waals surface area contributed by atoms with Crippen molar-refractivity contribution in [1.82, 2.24) is 0 Å². The number of alkyl halides is 2. The summed E-state index contributed by atoms with van der Waals surface area (Å²) in [5, 5.41) is 0. The topological polar surface area (TPSA) is 0 Å². The third kappa shape index (κ3) is 3.96. The summed E-state index contributed by atoms with van der Waals surface area (Å²) in [6, 6.07) is 9.62. The van der Waals surface area contributed by atoms with Crippen molar-refractivity contribution in [2.24, 2.45) is 11.8 Å². The second kappa shape index (κ2) is 7.63. The average Bonchev–Trinajstić information content (AvgIpc) is 2.64. The first kappa shape index (κ1) is 17.4. The van der Waals surface area contributed by atoms with Crippen LogP contribution in [0.3, 0.4) is 0 Å². The quantitative estimate of drug-likeness (QED) is 0.564. The lowest BCUT2D eigenvalue weighted by Crippen LogP contribution is -2.34. The Hall–Kier alpha value is -1.44. The maximum Gasteiger partial charge on any atom is 0.164 e. The Balaban J connectivity index is 1.57. The third-order valence-corrected chi connectivity index (χ3v) is 5.91. The molecule has 3 rings (SSSR count). The van der Waals surface area contributed by atoms with Crippen LogP contribution in [0.1, 0.15) is 57.4 Å². The van der Waals surface area contributed by atoms with E-state index in [0.717, 1.165) is 23.5 Å². The standard InChI is InChI=1S/C22H28F2/c1-2-17-8-10-18(11-9-17)12-14-22(24)15-13-20(16-21(22)23)19-6-4-3-5-7-19/h3-7,13,15-18,21H,2,8-12,14H2,1H3/t17-,18-,21?,22?. The molecular weight excluding hydrogens is 302 g/mol. The highest BCUT2D eigenvalue weighted by molar-refractivity contribution is 5.76. The Morgan fingerprint density at radius 2 is 1.71 bits per heavy atom. The molecule has 0 radical (unpaired) electrons. The van der Waals surface area contributed by atoms with E-state index in [1.54, 1.807) is 6.08 Å². The highest BCUT2D eigenvalue weighted by atomic mass is 19.2. The van der Waals surface area contributed by atoms with Gasteiger partial charge >= 0.3 is 0 Å². The van der Waals surface area contributed by atoms with Gasteiger partial charge in [-0.15, -0.1) is 0 Å². The first-order chi connectivity index (χ1) is 11.6. The van der Waals surface area contributed by atoms with Crippen molar-refractivity contribution >= 4 is 5.57 Å². The molecule has 0 aromatic heterocycles. The molecule has 0 heterocycles. The molecule has 1 saturated carbocycles. The van der Waals surface area contributed by atoms with Crippen LogP contribution in [0.15, 0.2) is 48.6 Å². The van der Waals surface area contributed by atoms with E-state index in [9.17, 15) is 4.39 Å². The minimum Gasteiger partial charge on any atom is -0.239 e. The molecule has 0 aliphatic heterocycles. The number of hydrogen-bond acceptors (Lipinski definition) is 0. The molecular formula is C22H28F2. The summed E-state index contributed by atoms with van der Waals surface area (Å²) in [5.74, 6) is 1.42. The summed E-state index contributed by atoms with van der Waals surface area (Å²) in [6.45, 7) is 2.25. The van der Waals surface area contributed by atoms with Gasteiger partial charge in [-0.1, -0.05) is 75.4 Å². The molecule has 1 fully saturated rings. The molecule has 0 spiro atoms. The number of rotatable bonds is 5. The Labute approximate surface area is 144 Å². The molecule has 2 aliphatic rings. The first-order valence-electron chi connectivity index (χ1n) is 9.40. The normalized spacial score (nSPS) is 33.3. The molecule has 2 aliphatic carbocycles. The van der Waals surface area contributed by atoms with Crippen LogP contribution in [-0.4, -0.2) is 11.8 Å². The summed E-state index contributed by atoms with van der Waals surface area (Å²) in [6.07, 6.45) is 10.3. The van der Waals surface area contributed by atoms with E-state index in [4.69, 9.17) is 0 Å². The van der Waals surface area contributed by atoms with Crippen LogP contribution >= 0.6 is 0 Å². The van der Waals surface area contributed by atoms with Crippen LogP contribution in [0, 0.1) is 11.8 Å². The van der Waals surface area contributed by atoms with E-state index in [0.29, 0.717) is 12.3 Å². The number of halogens is 2. The van der Waals surface area contributed by atoms with Crippen molar-refractivity contribution in [3.05, 3.63) is 54.1 Å². The predicted octanol–water partition coefficient (Wildman–Crippen LogP) is 6.68. The third-order valence-electron chi connectivity index (χ3n) is 5.91. The fourth-order valence-corrected chi connectivity index (χ4v) is 4.07. The van der Waals surface area contributed by atoms with E-state index >= 15 is 4.39 Å². The Kier molecular flexibility index (Phi) is 5.53. The van der Waals surface area contributed by atoms with Gasteiger partial charge in [0.2, 0.25) is 0 Å².